The minimum absolute atomic E-state index is 0.00711. The summed E-state index contributed by atoms with van der Waals surface area (Å²) in [5.74, 6) is -14.1. The van der Waals surface area contributed by atoms with E-state index in [4.69, 9.17) is 16.2 Å². The van der Waals surface area contributed by atoms with Crippen LogP contribution in [-0.4, -0.2) is 188 Å². The minimum Gasteiger partial charge on any atom is -0.508 e. The Labute approximate surface area is 608 Å². The van der Waals surface area contributed by atoms with Crippen LogP contribution in [0, 0.1) is 11.8 Å². The van der Waals surface area contributed by atoms with Gasteiger partial charge in [-0.3, -0.25) is 62.3 Å². The molecule has 0 spiro atoms. The predicted octanol–water partition coefficient (Wildman–Crippen LogP) is 2.36. The van der Waals surface area contributed by atoms with Crippen LogP contribution in [0.25, 0.3) is 0 Å². The Bertz CT molecular complexity index is 3190. The third kappa shape index (κ3) is 31.4. The van der Waals surface area contributed by atoms with Crippen LogP contribution in [0.5, 0.6) is 11.5 Å². The number of nitrogens with two attached hydrogens (primary N) is 2. The first-order valence-corrected chi connectivity index (χ1v) is 36.6. The maximum absolute atomic E-state index is 14.8. The number of ether oxygens (including phenoxy) is 1. The lowest BCUT2D eigenvalue weighted by Gasteiger charge is -2.30. The molecule has 0 aliphatic carbocycles. The zero-order valence-corrected chi connectivity index (χ0v) is 60.9. The fraction of sp³-hybridized carbons (Fsp3) is 0.644. The maximum Gasteiger partial charge on any atom is 0.334 e. The number of fused-ring (bicyclic) bond motifs is 23. The normalized spacial score (nSPS) is 21.7. The molecule has 17 N–H and O–H groups in total. The Hall–Kier alpha value is -9.26. The molecule has 11 amide bonds. The average molecular weight is 1460 g/mol. The molecule has 0 radical (unpaired) electrons. The topological polar surface area (TPSA) is 493 Å². The molecule has 2 aromatic carbocycles. The summed E-state index contributed by atoms with van der Waals surface area (Å²) in [5.41, 5.74) is 12.1. The van der Waals surface area contributed by atoms with Gasteiger partial charge in [0.05, 0.1) is 6.10 Å². The smallest absolute Gasteiger partial charge is 0.334 e. The van der Waals surface area contributed by atoms with E-state index in [1.807, 2.05) is 0 Å². The highest BCUT2D eigenvalue weighted by atomic mass is 16.5. The van der Waals surface area contributed by atoms with E-state index in [0.29, 0.717) is 24.3 Å². The number of amides is 11. The molecular weight excluding hydrogens is 1350 g/mol. The number of primary amides is 1. The minimum atomic E-state index is -1.96. The summed E-state index contributed by atoms with van der Waals surface area (Å²) in [6.45, 7) is 10.2. The second-order valence-electron chi connectivity index (χ2n) is 27.7. The molecule has 578 valence electrons. The van der Waals surface area contributed by atoms with Crippen molar-refractivity contribution >= 4 is 82.9 Å². The van der Waals surface area contributed by atoms with E-state index < -0.39 is 187 Å². The number of nitrogens with one attached hydrogen (secondary N) is 9. The molecule has 3 aliphatic rings. The largest absolute Gasteiger partial charge is 0.508 e. The number of hydrogen-bond acceptors (Lipinski definition) is 18. The first-order valence-electron chi connectivity index (χ1n) is 36.6. The second-order valence-corrected chi connectivity index (χ2v) is 27.7. The highest BCUT2D eigenvalue weighted by Crippen LogP contribution is 2.23. The fourth-order valence-corrected chi connectivity index (χ4v) is 12.2. The lowest BCUT2D eigenvalue weighted by molar-refractivity contribution is -0.143. The van der Waals surface area contributed by atoms with Crippen molar-refractivity contribution in [3.05, 3.63) is 59.7 Å². The first kappa shape index (κ1) is 87.1. The van der Waals surface area contributed by atoms with Gasteiger partial charge in [-0.2, -0.15) is 0 Å². The number of aliphatic carboxylic acids is 2. The van der Waals surface area contributed by atoms with Crippen LogP contribution in [0.4, 0.5) is 0 Å². The molecule has 12 atom stereocenters. The first-order chi connectivity index (χ1) is 49.4. The van der Waals surface area contributed by atoms with Crippen LogP contribution < -0.4 is 64.1 Å². The number of aliphatic hydroxyl groups is 1. The molecule has 1 fully saturated rings. The Kier molecular flexibility index (Phi) is 38.3. The number of phenols is 1. The number of carboxylic acids is 2. The summed E-state index contributed by atoms with van der Waals surface area (Å²) in [7, 11) is 0. The van der Waals surface area contributed by atoms with Gasteiger partial charge in [-0.1, -0.05) is 129 Å². The number of rotatable bonds is 36. The van der Waals surface area contributed by atoms with E-state index in [2.05, 4.69) is 61.7 Å². The van der Waals surface area contributed by atoms with Crippen molar-refractivity contribution in [2.24, 2.45) is 23.3 Å². The molecule has 1 saturated heterocycles. The van der Waals surface area contributed by atoms with Crippen molar-refractivity contribution in [3.8, 4) is 11.5 Å². The third-order valence-corrected chi connectivity index (χ3v) is 18.5. The van der Waals surface area contributed by atoms with Gasteiger partial charge in [0.25, 0.3) is 0 Å². The van der Waals surface area contributed by atoms with Crippen molar-refractivity contribution in [2.75, 3.05) is 13.1 Å². The number of unbranched alkanes of at least 4 members (excludes halogenated alkanes) is 10. The van der Waals surface area contributed by atoms with Crippen LogP contribution in [0.1, 0.15) is 207 Å². The Morgan fingerprint density at radius 2 is 1.14 bits per heavy atom. The zero-order valence-electron chi connectivity index (χ0n) is 60.9. The van der Waals surface area contributed by atoms with Gasteiger partial charge in [0.2, 0.25) is 65.0 Å². The SMILES string of the molecule is CC[C@H](C)[C@@H]1NC(=O)[C@@H](Cc2ccc(O)cc2)NC(=O)[C@H](CCC(N)=O)NC(=O)[C@@H]2CCCN2C(=O)[C@@H](C)NC(=O)[C@H](CCC(=O)O)NC(=O)[C@@H]([C@@H](C)O)NC(=O)[C@@H](NC(=O)[C@@H](CCCN)NC(=O)[C@H](CCC(=O)O)NC(=O)CCCCCCCCCCCCCC(C)C)Cc2ccc(cc2)OC1=O. The Morgan fingerprint density at radius 1 is 0.596 bits per heavy atom. The maximum atomic E-state index is 14.8. The number of carbonyl (C=O) groups is 14. The average Bonchev–Trinajstić information content (AvgIpc) is 1.71. The molecule has 31 nitrogen and oxygen atoms in total. The van der Waals surface area contributed by atoms with Gasteiger partial charge in [-0.15, -0.1) is 0 Å². The van der Waals surface area contributed by atoms with E-state index >= 15 is 0 Å². The number of esters is 1. The van der Waals surface area contributed by atoms with Gasteiger partial charge in [0, 0.05) is 45.1 Å². The van der Waals surface area contributed by atoms with Crippen molar-refractivity contribution in [1.82, 2.24) is 52.8 Å². The van der Waals surface area contributed by atoms with Gasteiger partial charge in [-0.25, -0.2) is 4.79 Å². The molecule has 3 aliphatic heterocycles. The van der Waals surface area contributed by atoms with Crippen molar-refractivity contribution in [3.63, 3.8) is 0 Å². The number of aromatic hydroxyl groups is 1. The molecule has 0 aromatic heterocycles. The van der Waals surface area contributed by atoms with Gasteiger partial charge >= 0.3 is 17.9 Å². The highest BCUT2D eigenvalue weighted by Gasteiger charge is 2.41. The van der Waals surface area contributed by atoms with E-state index in [9.17, 15) is 87.5 Å². The number of hydrogen-bond donors (Lipinski definition) is 15. The molecule has 104 heavy (non-hydrogen) atoms. The zero-order chi connectivity index (χ0) is 77.0. The molecule has 0 unspecified atom stereocenters. The van der Waals surface area contributed by atoms with Crippen LogP contribution >= 0.6 is 0 Å². The van der Waals surface area contributed by atoms with Crippen LogP contribution in [0.2, 0.25) is 0 Å². The van der Waals surface area contributed by atoms with Crippen molar-refractivity contribution in [2.45, 2.75) is 275 Å². The molecular formula is C73H112N12O19. The van der Waals surface area contributed by atoms with Gasteiger partial charge in [0.15, 0.2) is 0 Å². The van der Waals surface area contributed by atoms with E-state index in [-0.39, 0.29) is 81.5 Å². The summed E-state index contributed by atoms with van der Waals surface area (Å²) >= 11 is 0. The second kappa shape index (κ2) is 45.8. The monoisotopic (exact) mass is 1460 g/mol. The summed E-state index contributed by atoms with van der Waals surface area (Å²) in [6.07, 6.45) is 7.82. The van der Waals surface area contributed by atoms with Crippen LogP contribution in [0.3, 0.4) is 0 Å². The number of carbonyl (C=O) groups excluding carboxylic acids is 12. The standard InChI is InChI=1S/C73H112N12O19/c1-7-44(4)62-73(103)104-50-31-27-48(28-32-50)42-56(81-65(95)51(22-19-39-74)78-66(96)52(34-37-60(90)91)77-59(89)24-18-16-14-12-10-8-9-11-13-15-17-21-43(2)3)69(99)84-63(46(6)86)71(101)80-54(35-38-61(92)93)64(94)76-45(5)72(102)85-40-20-23-57(85)70(100)79-53(33-36-58(75)88)67(97)82-55(68(98)83-62)41-47-25-29-49(87)30-26-47/h25-32,43-46,51-57,62-63,86-87H,7-24,33-42,74H2,1-6H3,(H2,75,88)(H,76,94)(H,77,89)(H,78,96)(H,79,100)(H,80,101)(H,81,95)(H,82,97)(H,83,98)(H,84,99)(H,90,91)(H,92,93)/t44-,45+,46+,51+,52-,53-,54-,55+,56-,57-,62-,63+/m0/s1. The summed E-state index contributed by atoms with van der Waals surface area (Å²) in [6, 6.07) is -4.50. The number of phenolic OH excluding ortho intramolecular Hbond substituents is 1. The molecule has 2 aromatic rings. The van der Waals surface area contributed by atoms with Gasteiger partial charge in [-0.05, 0) is 119 Å². The summed E-state index contributed by atoms with van der Waals surface area (Å²) in [5, 5.41) is 63.6. The molecule has 3 heterocycles. The lowest BCUT2D eigenvalue weighted by atomic mass is 9.97. The van der Waals surface area contributed by atoms with E-state index in [1.165, 1.54) is 94.0 Å². The van der Waals surface area contributed by atoms with E-state index in [0.717, 1.165) is 43.9 Å². The highest BCUT2D eigenvalue weighted by molar-refractivity contribution is 5.99. The Morgan fingerprint density at radius 3 is 1.72 bits per heavy atom. The molecule has 2 bridgehead atoms. The molecule has 0 saturated carbocycles. The number of carboxylic acid groups (broad SMARTS) is 2. The molecule has 31 heteroatoms. The summed E-state index contributed by atoms with van der Waals surface area (Å²) < 4.78 is 5.83. The number of aliphatic hydroxyl groups excluding tert-OH is 1. The van der Waals surface area contributed by atoms with E-state index in [1.54, 1.807) is 13.8 Å². The van der Waals surface area contributed by atoms with Crippen molar-refractivity contribution in [1.29, 1.82) is 0 Å². The number of nitrogens with zero attached hydrogens (tertiary/aromatic N) is 1. The van der Waals surface area contributed by atoms with Crippen LogP contribution in [0.15, 0.2) is 48.5 Å². The van der Waals surface area contributed by atoms with Crippen molar-refractivity contribution < 1.29 is 92.3 Å². The number of benzene rings is 2. The third-order valence-electron chi connectivity index (χ3n) is 18.5. The van der Waals surface area contributed by atoms with Gasteiger partial charge in [0.1, 0.15) is 71.9 Å². The molecule has 5 rings (SSSR count). The quantitative estimate of drug-likeness (QED) is 0.0201. The van der Waals surface area contributed by atoms with Crippen LogP contribution in [-0.2, 0) is 80.0 Å². The van der Waals surface area contributed by atoms with Gasteiger partial charge < -0.3 is 89.4 Å². The fourth-order valence-electron chi connectivity index (χ4n) is 12.2. The lowest BCUT2D eigenvalue weighted by Crippen LogP contribution is -2.62. The predicted molar refractivity (Wildman–Crippen MR) is 382 cm³/mol. The summed E-state index contributed by atoms with van der Waals surface area (Å²) in [4.78, 5) is 194. The Balaban J connectivity index is 1.73.